The van der Waals surface area contributed by atoms with E-state index in [4.69, 9.17) is 0 Å². The van der Waals surface area contributed by atoms with Crippen LogP contribution in [0.4, 0.5) is 0 Å². The average molecular weight is 424 g/mol. The lowest BCUT2D eigenvalue weighted by molar-refractivity contribution is -0.128. The molecule has 22 heavy (non-hydrogen) atoms. The van der Waals surface area contributed by atoms with Crippen molar-refractivity contribution in [2.45, 2.75) is 39.0 Å². The fourth-order valence-electron chi connectivity index (χ4n) is 1.87. The molecule has 0 aliphatic carbocycles. The number of amides is 1. The van der Waals surface area contributed by atoms with Crippen LogP contribution in [0.3, 0.4) is 0 Å². The zero-order valence-electron chi connectivity index (χ0n) is 14.6. The molecule has 0 saturated carbocycles. The highest BCUT2D eigenvalue weighted by atomic mass is 127. The summed E-state index contributed by atoms with van der Waals surface area (Å²) in [7, 11) is 5.59. The highest BCUT2D eigenvalue weighted by molar-refractivity contribution is 14.0. The van der Waals surface area contributed by atoms with Crippen molar-refractivity contribution in [3.8, 4) is 0 Å². The van der Waals surface area contributed by atoms with Gasteiger partial charge in [-0.05, 0) is 26.2 Å². The Hall–Kier alpha value is -0.790. The smallest absolute Gasteiger partial charge is 0.223 e. The quantitative estimate of drug-likeness (QED) is 0.193. The molecule has 5 nitrogen and oxygen atoms in total. The number of guanidine groups is 1. The molecule has 1 N–H and O–H groups in total. The standard InChI is InChI=1S/C16H32N4O.HI/c1-6-8-9-10-11-14-20(5)16(17-7-2)18-13-12-15(21)19(3)4;/h6H,1,7-14H2,2-5H3,(H,17,18);1H. The summed E-state index contributed by atoms with van der Waals surface area (Å²) < 4.78 is 0. The summed E-state index contributed by atoms with van der Waals surface area (Å²) in [5, 5.41) is 3.27. The van der Waals surface area contributed by atoms with Crippen LogP contribution in [0.5, 0.6) is 0 Å². The Labute approximate surface area is 153 Å². The first kappa shape index (κ1) is 23.5. The summed E-state index contributed by atoms with van der Waals surface area (Å²) in [5.74, 6) is 0.995. The van der Waals surface area contributed by atoms with E-state index in [9.17, 15) is 4.79 Å². The first-order valence-electron chi connectivity index (χ1n) is 7.83. The maximum absolute atomic E-state index is 11.5. The second-order valence-electron chi connectivity index (χ2n) is 5.33. The zero-order chi connectivity index (χ0) is 16.1. The van der Waals surface area contributed by atoms with Gasteiger partial charge in [-0.1, -0.05) is 12.5 Å². The summed E-state index contributed by atoms with van der Waals surface area (Å²) in [6.45, 7) is 8.13. The highest BCUT2D eigenvalue weighted by Gasteiger charge is 2.06. The van der Waals surface area contributed by atoms with E-state index in [1.165, 1.54) is 12.8 Å². The van der Waals surface area contributed by atoms with Crippen molar-refractivity contribution in [3.05, 3.63) is 12.7 Å². The van der Waals surface area contributed by atoms with Gasteiger partial charge in [-0.25, -0.2) is 0 Å². The third kappa shape index (κ3) is 11.8. The Kier molecular flexibility index (Phi) is 16.1. The summed E-state index contributed by atoms with van der Waals surface area (Å²) in [6.07, 6.45) is 7.05. The molecular weight excluding hydrogens is 391 g/mol. The second-order valence-corrected chi connectivity index (χ2v) is 5.33. The average Bonchev–Trinajstić information content (AvgIpc) is 2.45. The molecule has 0 spiro atoms. The minimum absolute atomic E-state index is 0. The fourth-order valence-corrected chi connectivity index (χ4v) is 1.87. The summed E-state index contributed by atoms with van der Waals surface area (Å²) >= 11 is 0. The van der Waals surface area contributed by atoms with Crippen LogP contribution in [0, 0.1) is 0 Å². The lowest BCUT2D eigenvalue weighted by Gasteiger charge is -2.22. The zero-order valence-corrected chi connectivity index (χ0v) is 16.9. The summed E-state index contributed by atoms with van der Waals surface area (Å²) in [4.78, 5) is 19.8. The van der Waals surface area contributed by atoms with Crippen molar-refractivity contribution in [2.24, 2.45) is 4.99 Å². The number of rotatable bonds is 10. The molecule has 0 aromatic rings. The summed E-state index contributed by atoms with van der Waals surface area (Å²) in [5.41, 5.74) is 0. The number of nitrogens with zero attached hydrogens (tertiary/aromatic N) is 3. The van der Waals surface area contributed by atoms with Crippen molar-refractivity contribution in [2.75, 3.05) is 40.8 Å². The van der Waals surface area contributed by atoms with Gasteiger partial charge in [0.25, 0.3) is 0 Å². The van der Waals surface area contributed by atoms with Gasteiger partial charge in [-0.3, -0.25) is 9.79 Å². The largest absolute Gasteiger partial charge is 0.357 e. The Bertz CT molecular complexity index is 332. The first-order valence-corrected chi connectivity index (χ1v) is 7.83. The molecule has 130 valence electrons. The van der Waals surface area contributed by atoms with Crippen LogP contribution in [0.25, 0.3) is 0 Å². The number of hydrogen-bond donors (Lipinski definition) is 1. The predicted molar refractivity (Wildman–Crippen MR) is 106 cm³/mol. The molecule has 0 rings (SSSR count). The van der Waals surface area contributed by atoms with Gasteiger partial charge in [-0.2, -0.15) is 0 Å². The molecular formula is C16H33IN4O. The number of nitrogens with one attached hydrogen (secondary N) is 1. The molecule has 0 unspecified atom stereocenters. The Balaban J connectivity index is 0. The fraction of sp³-hybridized carbons (Fsp3) is 0.750. The molecule has 1 amide bonds. The van der Waals surface area contributed by atoms with Gasteiger partial charge in [0.05, 0.1) is 6.54 Å². The maximum atomic E-state index is 11.5. The van der Waals surface area contributed by atoms with Gasteiger partial charge in [0.1, 0.15) is 0 Å². The van der Waals surface area contributed by atoms with E-state index in [0.29, 0.717) is 13.0 Å². The van der Waals surface area contributed by atoms with Gasteiger partial charge < -0.3 is 15.1 Å². The molecule has 0 atom stereocenters. The second kappa shape index (κ2) is 15.1. The van der Waals surface area contributed by atoms with Crippen molar-refractivity contribution < 1.29 is 4.79 Å². The molecule has 0 aromatic carbocycles. The van der Waals surface area contributed by atoms with Crippen molar-refractivity contribution in [1.82, 2.24) is 15.1 Å². The molecule has 0 fully saturated rings. The predicted octanol–water partition coefficient (Wildman–Crippen LogP) is 2.73. The van der Waals surface area contributed by atoms with Crippen molar-refractivity contribution in [1.29, 1.82) is 0 Å². The molecule has 0 aromatic heterocycles. The van der Waals surface area contributed by atoms with E-state index in [0.717, 1.165) is 31.9 Å². The monoisotopic (exact) mass is 424 g/mol. The van der Waals surface area contributed by atoms with E-state index < -0.39 is 0 Å². The van der Waals surface area contributed by atoms with Crippen molar-refractivity contribution >= 4 is 35.8 Å². The normalized spacial score (nSPS) is 10.6. The Morgan fingerprint density at radius 2 is 1.91 bits per heavy atom. The van der Waals surface area contributed by atoms with Crippen LogP contribution < -0.4 is 5.32 Å². The van der Waals surface area contributed by atoms with Gasteiger partial charge in [0.15, 0.2) is 5.96 Å². The number of hydrogen-bond acceptors (Lipinski definition) is 2. The lowest BCUT2D eigenvalue weighted by Crippen LogP contribution is -2.39. The Morgan fingerprint density at radius 1 is 1.23 bits per heavy atom. The van der Waals surface area contributed by atoms with Crippen LogP contribution in [0.15, 0.2) is 17.6 Å². The number of halogens is 1. The molecule has 0 aliphatic heterocycles. The number of carbonyl (C=O) groups is 1. The van der Waals surface area contributed by atoms with E-state index >= 15 is 0 Å². The van der Waals surface area contributed by atoms with E-state index in [1.807, 2.05) is 13.1 Å². The van der Waals surface area contributed by atoms with Crippen molar-refractivity contribution in [3.63, 3.8) is 0 Å². The molecule has 6 heteroatoms. The number of unbranched alkanes of at least 4 members (excludes halogenated alkanes) is 3. The minimum Gasteiger partial charge on any atom is -0.357 e. The van der Waals surface area contributed by atoms with Crippen LogP contribution in [0.1, 0.15) is 39.0 Å². The van der Waals surface area contributed by atoms with E-state index in [1.54, 1.807) is 19.0 Å². The third-order valence-electron chi connectivity index (χ3n) is 3.18. The Morgan fingerprint density at radius 3 is 2.45 bits per heavy atom. The van der Waals surface area contributed by atoms with Crippen LogP contribution in [-0.4, -0.2) is 62.4 Å². The molecule has 0 radical (unpaired) electrons. The van der Waals surface area contributed by atoms with Gasteiger partial charge in [-0.15, -0.1) is 30.6 Å². The SMILES string of the molecule is C=CCCCCCN(C)C(=NCCC(=O)N(C)C)NCC.I. The van der Waals surface area contributed by atoms with Gasteiger partial charge in [0.2, 0.25) is 5.91 Å². The van der Waals surface area contributed by atoms with Gasteiger partial charge >= 0.3 is 0 Å². The highest BCUT2D eigenvalue weighted by Crippen LogP contribution is 2.02. The molecule has 0 bridgehead atoms. The maximum Gasteiger partial charge on any atom is 0.223 e. The number of aliphatic imine (C=N–C) groups is 1. The summed E-state index contributed by atoms with van der Waals surface area (Å²) in [6, 6.07) is 0. The topological polar surface area (TPSA) is 47.9 Å². The lowest BCUT2D eigenvalue weighted by atomic mass is 10.2. The number of carbonyl (C=O) groups excluding carboxylic acids is 1. The van der Waals surface area contributed by atoms with Crippen LogP contribution >= 0.6 is 24.0 Å². The van der Waals surface area contributed by atoms with Gasteiger partial charge in [0, 0.05) is 40.7 Å². The van der Waals surface area contributed by atoms with Crippen LogP contribution in [0.2, 0.25) is 0 Å². The molecule has 0 saturated heterocycles. The van der Waals surface area contributed by atoms with Crippen LogP contribution in [-0.2, 0) is 4.79 Å². The first-order chi connectivity index (χ1) is 10.0. The number of allylic oxidation sites excluding steroid dienone is 1. The third-order valence-corrected chi connectivity index (χ3v) is 3.18. The van der Waals surface area contributed by atoms with E-state index in [2.05, 4.69) is 28.7 Å². The minimum atomic E-state index is 0. The molecule has 0 heterocycles. The van der Waals surface area contributed by atoms with E-state index in [-0.39, 0.29) is 29.9 Å². The molecule has 0 aliphatic rings.